The maximum absolute atomic E-state index is 14.1. The number of rotatable bonds is 6. The van der Waals surface area contributed by atoms with Gasteiger partial charge in [-0.15, -0.1) is 0 Å². The molecule has 4 aromatic carbocycles. The van der Waals surface area contributed by atoms with E-state index in [2.05, 4.69) is 37.7 Å². The summed E-state index contributed by atoms with van der Waals surface area (Å²) in [6.45, 7) is 8.33. The number of aromatic nitrogens is 4. The molecule has 6 aromatic rings. The number of fused-ring (bicyclic) bond motifs is 2. The first kappa shape index (κ1) is 57.0. The number of para-hydroxylation sites is 1. The smallest absolute Gasteiger partial charge is 0.345 e. The van der Waals surface area contributed by atoms with Gasteiger partial charge in [0.25, 0.3) is 22.9 Å². The van der Waals surface area contributed by atoms with Gasteiger partial charge in [0.15, 0.2) is 0 Å². The Balaban J connectivity index is 0.000000188. The lowest BCUT2D eigenvalue weighted by molar-refractivity contribution is -0.128. The Morgan fingerprint density at radius 3 is 1.50 bits per heavy atom. The van der Waals surface area contributed by atoms with E-state index in [1.165, 1.54) is 38.7 Å². The van der Waals surface area contributed by atoms with Crippen LogP contribution in [0.5, 0.6) is 0 Å². The molecule has 410 valence electrons. The Hall–Kier alpha value is -7.16. The Labute approximate surface area is 474 Å². The molecule has 2 saturated heterocycles. The zero-order valence-corrected chi connectivity index (χ0v) is 47.1. The monoisotopic (exact) mass is 1160 g/mol. The molecule has 0 spiro atoms. The fourth-order valence-corrected chi connectivity index (χ4v) is 10.2. The number of piperazine rings is 2. The molecule has 10 rings (SSSR count). The van der Waals surface area contributed by atoms with Crippen molar-refractivity contribution in [1.82, 2.24) is 38.7 Å². The molecular weight excluding hydrogens is 1110 g/mol. The second-order valence-corrected chi connectivity index (χ2v) is 21.0. The maximum Gasteiger partial charge on any atom is 0.345 e. The number of hydrogen-bond donors (Lipinski definition) is 3. The van der Waals surface area contributed by atoms with Gasteiger partial charge in [-0.05, 0) is 97.2 Å². The van der Waals surface area contributed by atoms with Gasteiger partial charge in [-0.3, -0.25) is 33.8 Å². The number of H-pyrrole nitrogens is 1. The molecule has 18 nitrogen and oxygen atoms in total. The third kappa shape index (κ3) is 12.2. The molecule has 4 aliphatic heterocycles. The minimum Gasteiger partial charge on any atom is -0.368 e. The molecule has 4 amide bonds. The second-order valence-electron chi connectivity index (χ2n) is 19.1. The molecule has 4 aliphatic rings. The van der Waals surface area contributed by atoms with Gasteiger partial charge in [0.1, 0.15) is 29.5 Å². The van der Waals surface area contributed by atoms with E-state index >= 15 is 0 Å². The van der Waals surface area contributed by atoms with Crippen LogP contribution in [0.3, 0.4) is 0 Å². The lowest BCUT2D eigenvalue weighted by atomic mass is 9.94. The third-order valence-electron chi connectivity index (χ3n) is 13.5. The van der Waals surface area contributed by atoms with Crippen molar-refractivity contribution >= 4 is 104 Å². The molecule has 2 atom stereocenters. The van der Waals surface area contributed by atoms with Crippen LogP contribution in [0.25, 0.3) is 0 Å². The Bertz CT molecular complexity index is 3430. The second kappa shape index (κ2) is 24.2. The molecule has 0 aliphatic carbocycles. The van der Waals surface area contributed by atoms with Crippen molar-refractivity contribution in [2.24, 2.45) is 0 Å². The van der Waals surface area contributed by atoms with Gasteiger partial charge in [0.2, 0.25) is 0 Å². The van der Waals surface area contributed by atoms with E-state index in [-0.39, 0.29) is 28.2 Å². The van der Waals surface area contributed by atoms with E-state index in [4.69, 9.17) is 58.0 Å². The van der Waals surface area contributed by atoms with Crippen molar-refractivity contribution in [3.8, 4) is 0 Å². The standard InChI is InChI=1S/C27H27Cl2FN6O3.C24H23Cl2N5O2.C3H6ClNO/c1-16-24(26(38)34-12-10-33(11-13-34)19-7-5-18(30)6-8-19)25(17-4-9-20(28)21(29)14-17)35-22(31-16)15-23(37)36(35)27(39)32(2)3;1-15-22(24(33)30-11-9-29(10-12-30)17-5-3-2-4-6-17)23(16-7-8-18(25)19(26)13-16)31-20(27-15)14-21(32)28-31;1-5(2)3(4)6/h4-9,14-15,25,31H,10-13H2,1-3H3;2-8,13-14,23,27H,9-12H2,1H3,(H,28,32);1-2H3. The van der Waals surface area contributed by atoms with Crippen molar-refractivity contribution in [3.63, 3.8) is 0 Å². The highest BCUT2D eigenvalue weighted by atomic mass is 35.5. The van der Waals surface area contributed by atoms with E-state index in [9.17, 15) is 33.2 Å². The number of halogens is 6. The van der Waals surface area contributed by atoms with Crippen LogP contribution in [0.15, 0.2) is 135 Å². The molecule has 0 bridgehead atoms. The lowest BCUT2D eigenvalue weighted by Crippen LogP contribution is -2.50. The van der Waals surface area contributed by atoms with Crippen molar-refractivity contribution in [2.75, 3.05) is 101 Å². The summed E-state index contributed by atoms with van der Waals surface area (Å²) < 4.78 is 17.6. The molecule has 78 heavy (non-hydrogen) atoms. The first-order valence-electron chi connectivity index (χ1n) is 24.6. The van der Waals surface area contributed by atoms with Crippen LogP contribution in [-0.4, -0.2) is 143 Å². The van der Waals surface area contributed by atoms with E-state index in [1.807, 2.05) is 36.1 Å². The number of nitrogens with one attached hydrogen (secondary N) is 3. The number of nitrogens with zero attached hydrogens (tertiary/aromatic N) is 9. The van der Waals surface area contributed by atoms with Gasteiger partial charge in [-0.2, -0.15) is 4.68 Å². The predicted molar refractivity (Wildman–Crippen MR) is 305 cm³/mol. The number of aromatic amines is 1. The molecular formula is C54H56Cl5FN12O6. The zero-order chi connectivity index (χ0) is 56.3. The third-order valence-corrected chi connectivity index (χ3v) is 15.3. The Morgan fingerprint density at radius 1 is 0.564 bits per heavy atom. The largest absolute Gasteiger partial charge is 0.368 e. The van der Waals surface area contributed by atoms with E-state index in [0.717, 1.165) is 34.7 Å². The minimum atomic E-state index is -0.828. The minimum absolute atomic E-state index is 0.0658. The lowest BCUT2D eigenvalue weighted by Gasteiger charge is -2.39. The van der Waals surface area contributed by atoms with Crippen molar-refractivity contribution < 1.29 is 23.6 Å². The van der Waals surface area contributed by atoms with Gasteiger partial charge in [0, 0.05) is 115 Å². The fourth-order valence-electron chi connectivity index (χ4n) is 9.58. The van der Waals surface area contributed by atoms with Gasteiger partial charge in [-0.25, -0.2) is 13.9 Å². The van der Waals surface area contributed by atoms with Crippen LogP contribution in [0.2, 0.25) is 20.1 Å². The van der Waals surface area contributed by atoms with Crippen LogP contribution in [0.4, 0.5) is 37.0 Å². The summed E-state index contributed by atoms with van der Waals surface area (Å²) in [4.78, 5) is 86.6. The van der Waals surface area contributed by atoms with Crippen LogP contribution < -0.4 is 31.6 Å². The molecule has 24 heteroatoms. The summed E-state index contributed by atoms with van der Waals surface area (Å²) in [6, 6.07) is 27.7. The fraction of sp³-hybridized carbons (Fsp3) is 0.296. The summed E-state index contributed by atoms with van der Waals surface area (Å²) in [6.07, 6.45) is 0. The van der Waals surface area contributed by atoms with E-state index in [1.54, 1.807) is 87.2 Å². The zero-order valence-electron chi connectivity index (χ0n) is 43.4. The molecule has 2 aromatic heterocycles. The molecule has 2 fully saturated rings. The highest BCUT2D eigenvalue weighted by Gasteiger charge is 2.40. The van der Waals surface area contributed by atoms with Crippen molar-refractivity contribution in [2.45, 2.75) is 25.9 Å². The SMILES string of the molecule is CC1=C(C(=O)N2CCN(c3ccc(F)cc3)CC2)C(c2ccc(Cl)c(Cl)c2)n2c(cc(=O)n2C(=O)N(C)C)N1.CC1=C(C(=O)N2CCN(c3ccccc3)CC2)C(c2ccc(Cl)c(Cl)c2)n2[nH]c(=O)cc2N1.CN(C)C(=O)Cl. The summed E-state index contributed by atoms with van der Waals surface area (Å²) in [5.74, 6) is 0.374. The number of carbonyl (C=O) groups excluding carboxylic acids is 4. The maximum atomic E-state index is 14.1. The van der Waals surface area contributed by atoms with E-state index in [0.29, 0.717) is 94.1 Å². The van der Waals surface area contributed by atoms with Crippen LogP contribution in [0, 0.1) is 5.82 Å². The highest BCUT2D eigenvalue weighted by Crippen LogP contribution is 2.40. The Morgan fingerprint density at radius 2 is 1.03 bits per heavy atom. The van der Waals surface area contributed by atoms with Crippen LogP contribution >= 0.6 is 58.0 Å². The van der Waals surface area contributed by atoms with Gasteiger partial charge in [0.05, 0.1) is 31.2 Å². The summed E-state index contributed by atoms with van der Waals surface area (Å²) >= 11 is 29.9. The average Bonchev–Trinajstić information content (AvgIpc) is 4.18. The molecule has 3 N–H and O–H groups in total. The van der Waals surface area contributed by atoms with Gasteiger partial charge in [-0.1, -0.05) is 76.7 Å². The molecule has 0 radical (unpaired) electrons. The quantitative estimate of drug-likeness (QED) is 0.108. The normalized spacial score (nSPS) is 16.9. The molecule has 6 heterocycles. The van der Waals surface area contributed by atoms with Gasteiger partial charge < -0.3 is 40.0 Å². The summed E-state index contributed by atoms with van der Waals surface area (Å²) in [5.41, 5.74) is 4.84. The number of allylic oxidation sites excluding steroid dienone is 2. The first-order valence-corrected chi connectivity index (χ1v) is 26.5. The molecule has 2 unspecified atom stereocenters. The van der Waals surface area contributed by atoms with Crippen molar-refractivity contribution in [3.05, 3.63) is 183 Å². The topological polar surface area (TPSA) is 176 Å². The van der Waals surface area contributed by atoms with Crippen LogP contribution in [0.1, 0.15) is 37.1 Å². The highest BCUT2D eigenvalue weighted by molar-refractivity contribution is 6.62. The predicted octanol–water partition coefficient (Wildman–Crippen LogP) is 9.29. The summed E-state index contributed by atoms with van der Waals surface area (Å²) in [5, 5.41) is 10.2. The average molecular weight is 1170 g/mol. The molecule has 0 saturated carbocycles. The number of carbonyl (C=O) groups is 4. The van der Waals surface area contributed by atoms with E-state index < -0.39 is 29.0 Å². The first-order chi connectivity index (χ1) is 37.1. The number of hydrogen-bond acceptors (Lipinski definition) is 10. The summed E-state index contributed by atoms with van der Waals surface area (Å²) in [7, 11) is 6.28. The number of anilines is 4. The van der Waals surface area contributed by atoms with Gasteiger partial charge >= 0.3 is 11.4 Å². The number of amides is 4. The number of benzene rings is 4. The Kier molecular flexibility index (Phi) is 17.7. The van der Waals surface area contributed by atoms with Crippen molar-refractivity contribution in [1.29, 1.82) is 0 Å². The van der Waals surface area contributed by atoms with Crippen LogP contribution in [-0.2, 0) is 9.59 Å².